The van der Waals surface area contributed by atoms with Gasteiger partial charge in [-0.2, -0.15) is 0 Å². The van der Waals surface area contributed by atoms with Crippen molar-refractivity contribution in [1.29, 1.82) is 0 Å². The van der Waals surface area contributed by atoms with Gasteiger partial charge in [0.25, 0.3) is 0 Å². The van der Waals surface area contributed by atoms with Crippen LogP contribution in [0.3, 0.4) is 0 Å². The Morgan fingerprint density at radius 1 is 1.50 bits per heavy atom. The van der Waals surface area contributed by atoms with E-state index in [1.54, 1.807) is 0 Å². The number of benzene rings is 1. The first-order valence-corrected chi connectivity index (χ1v) is 7.51. The van der Waals surface area contributed by atoms with Crippen LogP contribution >= 0.6 is 0 Å². The van der Waals surface area contributed by atoms with Gasteiger partial charge in [0.2, 0.25) is 0 Å². The number of rotatable bonds is 6. The Bertz CT molecular complexity index is 425. The maximum absolute atomic E-state index is 13.3. The monoisotopic (exact) mass is 281 g/mol. The standard InChI is InChI=1S/C16H24FNO2/c1-2-12(7-8-19)11-18-15-4-3-9-20-16-10-13(17)5-6-14(15)16/h5-6,10,12,15,18-19H,2-4,7-9,11H2,1H3/t12-,15+/m0/s1. The molecule has 0 aliphatic carbocycles. The number of halogens is 1. The van der Waals surface area contributed by atoms with Gasteiger partial charge in [0.15, 0.2) is 0 Å². The van der Waals surface area contributed by atoms with E-state index in [1.807, 2.05) is 6.07 Å². The molecule has 2 rings (SSSR count). The number of hydrogen-bond acceptors (Lipinski definition) is 3. The first kappa shape index (κ1) is 15.3. The van der Waals surface area contributed by atoms with Crippen LogP contribution in [0.15, 0.2) is 18.2 Å². The predicted molar refractivity (Wildman–Crippen MR) is 77.4 cm³/mol. The molecule has 0 saturated heterocycles. The smallest absolute Gasteiger partial charge is 0.126 e. The van der Waals surface area contributed by atoms with Crippen molar-refractivity contribution in [3.63, 3.8) is 0 Å². The lowest BCUT2D eigenvalue weighted by Crippen LogP contribution is -2.27. The van der Waals surface area contributed by atoms with Crippen molar-refractivity contribution >= 4 is 0 Å². The molecule has 0 saturated carbocycles. The third-order valence-corrected chi connectivity index (χ3v) is 4.01. The highest BCUT2D eigenvalue weighted by Crippen LogP contribution is 2.32. The maximum atomic E-state index is 13.3. The molecule has 3 nitrogen and oxygen atoms in total. The average molecular weight is 281 g/mol. The normalized spacial score (nSPS) is 19.9. The molecule has 4 heteroatoms. The molecule has 0 spiro atoms. The number of ether oxygens (including phenoxy) is 1. The fourth-order valence-corrected chi connectivity index (χ4v) is 2.70. The number of nitrogens with one attached hydrogen (secondary N) is 1. The largest absolute Gasteiger partial charge is 0.493 e. The van der Waals surface area contributed by atoms with Crippen LogP contribution in [0.2, 0.25) is 0 Å². The van der Waals surface area contributed by atoms with Crippen molar-refractivity contribution in [2.45, 2.75) is 38.6 Å². The van der Waals surface area contributed by atoms with E-state index in [2.05, 4.69) is 12.2 Å². The second-order valence-electron chi connectivity index (χ2n) is 5.42. The molecule has 0 fully saturated rings. The van der Waals surface area contributed by atoms with E-state index in [1.165, 1.54) is 12.1 Å². The van der Waals surface area contributed by atoms with Crippen molar-refractivity contribution < 1.29 is 14.2 Å². The quantitative estimate of drug-likeness (QED) is 0.842. The van der Waals surface area contributed by atoms with Crippen LogP contribution in [0.25, 0.3) is 0 Å². The summed E-state index contributed by atoms with van der Waals surface area (Å²) in [5.74, 6) is 0.888. The van der Waals surface area contributed by atoms with Crippen LogP contribution in [0.4, 0.5) is 4.39 Å². The molecule has 1 aromatic carbocycles. The SMILES string of the molecule is CC[C@@H](CCO)CN[C@@H]1CCCOc2cc(F)ccc21. The molecule has 2 N–H and O–H groups in total. The van der Waals surface area contributed by atoms with Gasteiger partial charge in [0.05, 0.1) is 6.61 Å². The summed E-state index contributed by atoms with van der Waals surface area (Å²) in [6.07, 6.45) is 3.83. The van der Waals surface area contributed by atoms with Crippen LogP contribution in [0, 0.1) is 11.7 Å². The zero-order chi connectivity index (χ0) is 14.4. The third kappa shape index (κ3) is 3.93. The van der Waals surface area contributed by atoms with Crippen LogP contribution in [-0.4, -0.2) is 24.9 Å². The number of fused-ring (bicyclic) bond motifs is 1. The zero-order valence-electron chi connectivity index (χ0n) is 12.1. The minimum absolute atomic E-state index is 0.209. The number of aliphatic hydroxyl groups is 1. The highest BCUT2D eigenvalue weighted by molar-refractivity contribution is 5.37. The lowest BCUT2D eigenvalue weighted by atomic mass is 9.99. The van der Waals surface area contributed by atoms with Gasteiger partial charge >= 0.3 is 0 Å². The van der Waals surface area contributed by atoms with Gasteiger partial charge in [0, 0.05) is 24.3 Å². The van der Waals surface area contributed by atoms with Crippen LogP contribution in [-0.2, 0) is 0 Å². The Morgan fingerprint density at radius 2 is 2.35 bits per heavy atom. The molecule has 1 heterocycles. The number of aliphatic hydroxyl groups excluding tert-OH is 1. The number of hydrogen-bond donors (Lipinski definition) is 2. The molecular weight excluding hydrogens is 257 g/mol. The first-order chi connectivity index (χ1) is 9.74. The minimum Gasteiger partial charge on any atom is -0.493 e. The Kier molecular flexibility index (Phi) is 5.80. The summed E-state index contributed by atoms with van der Waals surface area (Å²) >= 11 is 0. The second kappa shape index (κ2) is 7.60. The molecule has 1 aliphatic heterocycles. The molecule has 1 aromatic rings. The fourth-order valence-electron chi connectivity index (χ4n) is 2.70. The topological polar surface area (TPSA) is 41.5 Å². The van der Waals surface area contributed by atoms with E-state index in [0.29, 0.717) is 18.3 Å². The van der Waals surface area contributed by atoms with E-state index in [-0.39, 0.29) is 18.5 Å². The summed E-state index contributed by atoms with van der Waals surface area (Å²) in [5.41, 5.74) is 1.04. The van der Waals surface area contributed by atoms with Gasteiger partial charge in [-0.25, -0.2) is 4.39 Å². The van der Waals surface area contributed by atoms with E-state index >= 15 is 0 Å². The Labute approximate surface area is 120 Å². The van der Waals surface area contributed by atoms with E-state index in [4.69, 9.17) is 9.84 Å². The molecule has 0 bridgehead atoms. The minimum atomic E-state index is -0.254. The van der Waals surface area contributed by atoms with Crippen molar-refractivity contribution in [3.05, 3.63) is 29.6 Å². The van der Waals surface area contributed by atoms with Gasteiger partial charge in [-0.3, -0.25) is 0 Å². The lowest BCUT2D eigenvalue weighted by Gasteiger charge is -2.22. The summed E-state index contributed by atoms with van der Waals surface area (Å²) in [6, 6.07) is 5.00. The summed E-state index contributed by atoms with van der Waals surface area (Å²) < 4.78 is 18.9. The summed E-state index contributed by atoms with van der Waals surface area (Å²) in [6.45, 7) is 3.89. The lowest BCUT2D eigenvalue weighted by molar-refractivity contribution is 0.247. The molecule has 0 amide bonds. The molecule has 0 aromatic heterocycles. The van der Waals surface area contributed by atoms with Crippen molar-refractivity contribution in [3.8, 4) is 5.75 Å². The fraction of sp³-hybridized carbons (Fsp3) is 0.625. The molecule has 20 heavy (non-hydrogen) atoms. The van der Waals surface area contributed by atoms with Gasteiger partial charge in [-0.1, -0.05) is 19.4 Å². The molecular formula is C16H24FNO2. The van der Waals surface area contributed by atoms with Gasteiger partial charge in [-0.15, -0.1) is 0 Å². The van der Waals surface area contributed by atoms with Gasteiger partial charge in [-0.05, 0) is 37.8 Å². The summed E-state index contributed by atoms with van der Waals surface area (Å²) in [7, 11) is 0. The highest BCUT2D eigenvalue weighted by atomic mass is 19.1. The van der Waals surface area contributed by atoms with Crippen molar-refractivity contribution in [1.82, 2.24) is 5.32 Å². The highest BCUT2D eigenvalue weighted by Gasteiger charge is 2.20. The Balaban J connectivity index is 2.04. The summed E-state index contributed by atoms with van der Waals surface area (Å²) in [4.78, 5) is 0. The first-order valence-electron chi connectivity index (χ1n) is 7.51. The van der Waals surface area contributed by atoms with Crippen LogP contribution in [0.1, 0.15) is 44.2 Å². The van der Waals surface area contributed by atoms with Crippen molar-refractivity contribution in [2.75, 3.05) is 19.8 Å². The zero-order valence-corrected chi connectivity index (χ0v) is 12.1. The van der Waals surface area contributed by atoms with E-state index in [0.717, 1.165) is 37.8 Å². The van der Waals surface area contributed by atoms with Gasteiger partial charge < -0.3 is 15.2 Å². The van der Waals surface area contributed by atoms with Crippen molar-refractivity contribution in [2.24, 2.45) is 5.92 Å². The summed E-state index contributed by atoms with van der Waals surface area (Å²) in [5, 5.41) is 12.6. The van der Waals surface area contributed by atoms with E-state index < -0.39 is 0 Å². The predicted octanol–water partition coefficient (Wildman–Crippen LogP) is 3.04. The Morgan fingerprint density at radius 3 is 3.10 bits per heavy atom. The van der Waals surface area contributed by atoms with Gasteiger partial charge in [0.1, 0.15) is 11.6 Å². The third-order valence-electron chi connectivity index (χ3n) is 4.01. The van der Waals surface area contributed by atoms with Crippen LogP contribution in [0.5, 0.6) is 5.75 Å². The molecule has 1 aliphatic rings. The Hall–Kier alpha value is -1.13. The molecule has 2 atom stereocenters. The van der Waals surface area contributed by atoms with Crippen LogP contribution < -0.4 is 10.1 Å². The molecule has 0 radical (unpaired) electrons. The maximum Gasteiger partial charge on any atom is 0.126 e. The second-order valence-corrected chi connectivity index (χ2v) is 5.42. The molecule has 0 unspecified atom stereocenters. The molecule has 112 valence electrons. The van der Waals surface area contributed by atoms with E-state index in [9.17, 15) is 4.39 Å². The average Bonchev–Trinajstić information content (AvgIpc) is 2.65.